The van der Waals surface area contributed by atoms with Crippen molar-refractivity contribution in [2.75, 3.05) is 5.75 Å². The van der Waals surface area contributed by atoms with Gasteiger partial charge in [0.1, 0.15) is 11.5 Å². The first-order valence-electron chi connectivity index (χ1n) is 8.06. The van der Waals surface area contributed by atoms with Crippen LogP contribution in [0.2, 0.25) is 0 Å². The van der Waals surface area contributed by atoms with E-state index in [-0.39, 0.29) is 23.5 Å². The number of amides is 1. The molecule has 0 aliphatic heterocycles. The third-order valence-corrected chi connectivity index (χ3v) is 4.98. The summed E-state index contributed by atoms with van der Waals surface area (Å²) in [5.41, 5.74) is 2.69. The molecule has 0 radical (unpaired) electrons. The number of oxazole rings is 1. The van der Waals surface area contributed by atoms with Crippen molar-refractivity contribution < 1.29 is 13.4 Å². The molecular weight excluding hydrogens is 324 g/mol. The molecule has 5 nitrogen and oxygen atoms in total. The van der Waals surface area contributed by atoms with Crippen molar-refractivity contribution in [3.05, 3.63) is 41.3 Å². The summed E-state index contributed by atoms with van der Waals surface area (Å²) < 4.78 is 17.9. The Balaban J connectivity index is 2.01. The summed E-state index contributed by atoms with van der Waals surface area (Å²) in [7, 11) is -1.31. The van der Waals surface area contributed by atoms with Crippen LogP contribution >= 0.6 is 0 Å². The van der Waals surface area contributed by atoms with Crippen molar-refractivity contribution in [1.29, 1.82) is 0 Å². The van der Waals surface area contributed by atoms with Crippen LogP contribution in [-0.4, -0.2) is 26.9 Å². The van der Waals surface area contributed by atoms with Crippen molar-refractivity contribution in [3.63, 3.8) is 0 Å². The fraction of sp³-hybridized carbons (Fsp3) is 0.444. The van der Waals surface area contributed by atoms with Crippen LogP contribution in [0.3, 0.4) is 0 Å². The highest BCUT2D eigenvalue weighted by atomic mass is 32.2. The van der Waals surface area contributed by atoms with Gasteiger partial charge in [0.15, 0.2) is 0 Å². The first kappa shape index (κ1) is 18.4. The Morgan fingerprint density at radius 2 is 1.96 bits per heavy atom. The number of hydrogen-bond acceptors (Lipinski definition) is 4. The molecule has 0 aliphatic carbocycles. The fourth-order valence-electron chi connectivity index (χ4n) is 2.15. The van der Waals surface area contributed by atoms with Crippen LogP contribution < -0.4 is 5.32 Å². The molecule has 0 saturated carbocycles. The molecule has 0 saturated heterocycles. The predicted octanol–water partition coefficient (Wildman–Crippen LogP) is 3.12. The maximum atomic E-state index is 12.2. The van der Waals surface area contributed by atoms with E-state index in [1.54, 1.807) is 6.92 Å². The van der Waals surface area contributed by atoms with Crippen molar-refractivity contribution in [3.8, 4) is 11.5 Å². The summed E-state index contributed by atoms with van der Waals surface area (Å²) in [5.74, 6) is 1.17. The zero-order valence-corrected chi connectivity index (χ0v) is 15.4. The minimum atomic E-state index is -1.31. The lowest BCUT2D eigenvalue weighted by atomic mass is 10.1. The smallest absolute Gasteiger partial charge is 0.232 e. The monoisotopic (exact) mass is 348 g/mol. The number of nitrogens with zero attached hydrogens (tertiary/aromatic N) is 1. The Morgan fingerprint density at radius 1 is 1.29 bits per heavy atom. The predicted molar refractivity (Wildman–Crippen MR) is 96.0 cm³/mol. The molecular formula is C18H24N2O3S. The average molecular weight is 348 g/mol. The SMILES string of the molecule is CC[C@H](C)NC(=O)C[S@](=O)Cc1nc(-c2ccc(C)cc2)oc1C. The molecule has 1 heterocycles. The standard InChI is InChI=1S/C18H24N2O3S/c1-5-13(3)19-17(21)11-24(22)10-16-14(4)23-18(20-16)15-8-6-12(2)7-9-15/h6-9,13H,5,10-11H2,1-4H3,(H,19,21)/t13-,24+/m0/s1. The minimum Gasteiger partial charge on any atom is -0.441 e. The maximum Gasteiger partial charge on any atom is 0.232 e. The first-order valence-corrected chi connectivity index (χ1v) is 9.55. The van der Waals surface area contributed by atoms with Gasteiger partial charge in [0.2, 0.25) is 11.8 Å². The van der Waals surface area contributed by atoms with E-state index < -0.39 is 10.8 Å². The Bertz CT molecular complexity index is 722. The second-order valence-corrected chi connectivity index (χ2v) is 7.45. The molecule has 2 atom stereocenters. The van der Waals surface area contributed by atoms with Gasteiger partial charge in [-0.15, -0.1) is 0 Å². The van der Waals surface area contributed by atoms with Gasteiger partial charge in [-0.05, 0) is 39.3 Å². The van der Waals surface area contributed by atoms with Crippen LogP contribution in [0.1, 0.15) is 37.3 Å². The fourth-order valence-corrected chi connectivity index (χ4v) is 3.20. The van der Waals surface area contributed by atoms with Crippen LogP contribution in [0, 0.1) is 13.8 Å². The van der Waals surface area contributed by atoms with E-state index in [1.165, 1.54) is 0 Å². The van der Waals surface area contributed by atoms with Gasteiger partial charge in [-0.2, -0.15) is 0 Å². The van der Waals surface area contributed by atoms with Crippen LogP contribution in [0.15, 0.2) is 28.7 Å². The van der Waals surface area contributed by atoms with Gasteiger partial charge in [-0.3, -0.25) is 9.00 Å². The summed E-state index contributed by atoms with van der Waals surface area (Å²) in [6, 6.07) is 7.97. The topological polar surface area (TPSA) is 72.2 Å². The first-order chi connectivity index (χ1) is 11.4. The Hall–Kier alpha value is -1.95. The van der Waals surface area contributed by atoms with Gasteiger partial charge in [0.05, 0.1) is 11.4 Å². The summed E-state index contributed by atoms with van der Waals surface area (Å²) in [6.07, 6.45) is 0.848. The molecule has 1 amide bonds. The van der Waals surface area contributed by atoms with E-state index in [9.17, 15) is 9.00 Å². The van der Waals surface area contributed by atoms with Gasteiger partial charge in [0.25, 0.3) is 0 Å². The Labute approximate surface area is 145 Å². The second kappa shape index (κ2) is 8.24. The molecule has 0 spiro atoms. The molecule has 0 unspecified atom stereocenters. The molecule has 0 aliphatic rings. The zero-order chi connectivity index (χ0) is 17.7. The Kier molecular flexibility index (Phi) is 6.31. The highest BCUT2D eigenvalue weighted by Crippen LogP contribution is 2.22. The lowest BCUT2D eigenvalue weighted by molar-refractivity contribution is -0.119. The van der Waals surface area contributed by atoms with Crippen molar-refractivity contribution in [2.45, 2.75) is 45.9 Å². The van der Waals surface area contributed by atoms with Crippen molar-refractivity contribution in [2.24, 2.45) is 0 Å². The van der Waals surface area contributed by atoms with Crippen LogP contribution in [0.25, 0.3) is 11.5 Å². The molecule has 0 bridgehead atoms. The van der Waals surface area contributed by atoms with Gasteiger partial charge in [-0.25, -0.2) is 4.98 Å². The van der Waals surface area contributed by atoms with Crippen molar-refractivity contribution in [1.82, 2.24) is 10.3 Å². The molecule has 2 rings (SSSR count). The van der Waals surface area contributed by atoms with Crippen molar-refractivity contribution >= 4 is 16.7 Å². The van der Waals surface area contributed by atoms with E-state index in [1.807, 2.05) is 45.0 Å². The highest BCUT2D eigenvalue weighted by molar-refractivity contribution is 7.84. The number of carbonyl (C=O) groups is 1. The zero-order valence-electron chi connectivity index (χ0n) is 14.6. The van der Waals surface area contributed by atoms with E-state index in [0.717, 1.165) is 17.5 Å². The van der Waals surface area contributed by atoms with E-state index >= 15 is 0 Å². The number of benzene rings is 1. The highest BCUT2D eigenvalue weighted by Gasteiger charge is 2.16. The molecule has 130 valence electrons. The third-order valence-electron chi connectivity index (χ3n) is 3.80. The summed E-state index contributed by atoms with van der Waals surface area (Å²) in [5, 5.41) is 2.82. The molecule has 2 aromatic rings. The number of carbonyl (C=O) groups excluding carboxylic acids is 1. The number of rotatable bonds is 7. The lowest BCUT2D eigenvalue weighted by Crippen LogP contribution is -2.35. The maximum absolute atomic E-state index is 12.2. The van der Waals surface area contributed by atoms with E-state index in [2.05, 4.69) is 10.3 Å². The van der Waals surface area contributed by atoms with Crippen LogP contribution in [0.5, 0.6) is 0 Å². The van der Waals surface area contributed by atoms with Crippen LogP contribution in [0.4, 0.5) is 0 Å². The average Bonchev–Trinajstić information content (AvgIpc) is 2.88. The van der Waals surface area contributed by atoms with Crippen LogP contribution in [-0.2, 0) is 21.3 Å². The third kappa shape index (κ3) is 5.03. The molecule has 24 heavy (non-hydrogen) atoms. The number of aromatic nitrogens is 1. The number of aryl methyl sites for hydroxylation is 2. The molecule has 6 heteroatoms. The molecule has 1 aromatic heterocycles. The molecule has 1 N–H and O–H groups in total. The second-order valence-electron chi connectivity index (χ2n) is 5.99. The van der Waals surface area contributed by atoms with Gasteiger partial charge < -0.3 is 9.73 Å². The summed E-state index contributed by atoms with van der Waals surface area (Å²) >= 11 is 0. The normalized spacial score (nSPS) is 13.5. The number of nitrogens with one attached hydrogen (secondary N) is 1. The molecule has 0 fully saturated rings. The largest absolute Gasteiger partial charge is 0.441 e. The Morgan fingerprint density at radius 3 is 2.58 bits per heavy atom. The summed E-state index contributed by atoms with van der Waals surface area (Å²) in [4.78, 5) is 16.3. The van der Waals surface area contributed by atoms with Gasteiger partial charge >= 0.3 is 0 Å². The summed E-state index contributed by atoms with van der Waals surface area (Å²) in [6.45, 7) is 7.74. The van der Waals surface area contributed by atoms with Gasteiger partial charge in [0, 0.05) is 22.4 Å². The van der Waals surface area contributed by atoms with E-state index in [0.29, 0.717) is 17.3 Å². The lowest BCUT2D eigenvalue weighted by Gasteiger charge is -2.10. The molecule has 1 aromatic carbocycles. The number of hydrogen-bond donors (Lipinski definition) is 1. The minimum absolute atomic E-state index is 0.0174. The van der Waals surface area contributed by atoms with E-state index in [4.69, 9.17) is 4.42 Å². The van der Waals surface area contributed by atoms with Gasteiger partial charge in [-0.1, -0.05) is 24.6 Å². The quantitative estimate of drug-likeness (QED) is 0.834.